The fraction of sp³-hybridized carbons (Fsp3) is 0.174. The van der Waals surface area contributed by atoms with Gasteiger partial charge in [-0.15, -0.1) is 11.6 Å². The Balaban J connectivity index is 1.57. The lowest BCUT2D eigenvalue weighted by Gasteiger charge is -2.13. The molecule has 0 unspecified atom stereocenters. The number of sulfonamides is 1. The summed E-state index contributed by atoms with van der Waals surface area (Å²) in [6, 6.07) is 12.5. The van der Waals surface area contributed by atoms with Crippen LogP contribution in [0.5, 0.6) is 11.5 Å². The first kappa shape index (κ1) is 25.4. The van der Waals surface area contributed by atoms with E-state index in [1.165, 1.54) is 12.5 Å². The molecule has 0 radical (unpaired) electrons. The first-order valence-corrected chi connectivity index (χ1v) is 13.2. The summed E-state index contributed by atoms with van der Waals surface area (Å²) >= 11 is 12.1. The summed E-state index contributed by atoms with van der Waals surface area (Å²) in [6.45, 7) is 0.300. The molecule has 36 heavy (non-hydrogen) atoms. The zero-order valence-electron chi connectivity index (χ0n) is 18.8. The average Bonchev–Trinajstić information content (AvgIpc) is 2.85. The van der Waals surface area contributed by atoms with Crippen LogP contribution < -0.4 is 14.2 Å². The number of benzene rings is 2. The second kappa shape index (κ2) is 10.9. The number of hydrogen-bond acceptors (Lipinski definition) is 9. The second-order valence-electron chi connectivity index (χ2n) is 7.39. The van der Waals surface area contributed by atoms with E-state index in [2.05, 4.69) is 30.7 Å². The fourth-order valence-electron chi connectivity index (χ4n) is 3.32. The smallest absolute Gasteiger partial charge is 0.236 e. The molecule has 4 rings (SSSR count). The highest BCUT2D eigenvalue weighted by Gasteiger charge is 2.18. The Kier molecular flexibility index (Phi) is 7.69. The lowest BCUT2D eigenvalue weighted by atomic mass is 10.0. The van der Waals surface area contributed by atoms with Gasteiger partial charge in [0.2, 0.25) is 16.0 Å². The van der Waals surface area contributed by atoms with Crippen LogP contribution in [0.15, 0.2) is 48.9 Å². The van der Waals surface area contributed by atoms with Crippen LogP contribution in [-0.4, -0.2) is 47.1 Å². The van der Waals surface area contributed by atoms with E-state index in [1.54, 1.807) is 24.3 Å². The molecule has 4 aromatic rings. The van der Waals surface area contributed by atoms with E-state index in [1.807, 2.05) is 12.1 Å². The third kappa shape index (κ3) is 5.91. The molecule has 0 aliphatic carbocycles. The molecule has 13 heteroatoms. The van der Waals surface area contributed by atoms with Crippen LogP contribution in [-0.2, 0) is 16.6 Å². The van der Waals surface area contributed by atoms with Crippen LogP contribution in [0.4, 0.5) is 5.95 Å². The Morgan fingerprint density at radius 2 is 1.89 bits per heavy atom. The highest BCUT2D eigenvalue weighted by Crippen LogP contribution is 2.37. The van der Waals surface area contributed by atoms with Crippen LogP contribution in [0.25, 0.3) is 22.2 Å². The van der Waals surface area contributed by atoms with E-state index in [4.69, 9.17) is 32.7 Å². The highest BCUT2D eigenvalue weighted by molar-refractivity contribution is 7.91. The number of alkyl halides is 1. The van der Waals surface area contributed by atoms with E-state index in [0.29, 0.717) is 28.0 Å². The maximum atomic E-state index is 11.4. The van der Waals surface area contributed by atoms with Gasteiger partial charge in [0.05, 0.1) is 34.1 Å². The largest absolute Gasteiger partial charge is 0.489 e. The fourth-order valence-corrected chi connectivity index (χ4v) is 4.09. The zero-order valence-corrected chi connectivity index (χ0v) is 21.1. The third-order valence-electron chi connectivity index (χ3n) is 4.78. The summed E-state index contributed by atoms with van der Waals surface area (Å²) in [5, 5.41) is 10.6. The van der Waals surface area contributed by atoms with Gasteiger partial charge in [-0.25, -0.2) is 28.4 Å². The average molecular weight is 545 g/mol. The van der Waals surface area contributed by atoms with Crippen molar-refractivity contribution >= 4 is 50.1 Å². The quantitative estimate of drug-likeness (QED) is 0.307. The van der Waals surface area contributed by atoms with Crippen molar-refractivity contribution in [2.24, 2.45) is 0 Å². The number of rotatable bonds is 9. The van der Waals surface area contributed by atoms with E-state index < -0.39 is 10.0 Å². The number of nitrogens with one attached hydrogen (secondary N) is 1. The van der Waals surface area contributed by atoms with Crippen molar-refractivity contribution < 1.29 is 17.9 Å². The summed E-state index contributed by atoms with van der Waals surface area (Å²) in [5.41, 5.74) is 2.46. The normalized spacial score (nSPS) is 11.2. The molecule has 0 aliphatic heterocycles. The van der Waals surface area contributed by atoms with E-state index in [0.717, 1.165) is 11.8 Å². The minimum absolute atomic E-state index is 0.0313. The first-order valence-electron chi connectivity index (χ1n) is 10.4. The van der Waals surface area contributed by atoms with E-state index in [9.17, 15) is 13.7 Å². The zero-order chi connectivity index (χ0) is 25.7. The lowest BCUT2D eigenvalue weighted by Crippen LogP contribution is -2.13. The topological polar surface area (TPSA) is 140 Å². The van der Waals surface area contributed by atoms with E-state index in [-0.39, 0.29) is 41.4 Å². The van der Waals surface area contributed by atoms with Gasteiger partial charge < -0.3 is 9.47 Å². The van der Waals surface area contributed by atoms with Crippen molar-refractivity contribution in [3.63, 3.8) is 0 Å². The molecule has 184 valence electrons. The van der Waals surface area contributed by atoms with Crippen LogP contribution >= 0.6 is 23.2 Å². The molecule has 0 bridgehead atoms. The van der Waals surface area contributed by atoms with Gasteiger partial charge in [0.1, 0.15) is 36.9 Å². The monoisotopic (exact) mass is 544 g/mol. The maximum absolute atomic E-state index is 11.4. The Labute approximate surface area is 216 Å². The number of aromatic nitrogens is 4. The Bertz CT molecular complexity index is 1560. The minimum Gasteiger partial charge on any atom is -0.489 e. The second-order valence-corrected chi connectivity index (χ2v) is 9.92. The van der Waals surface area contributed by atoms with E-state index >= 15 is 0 Å². The summed E-state index contributed by atoms with van der Waals surface area (Å²) < 4.78 is 36.3. The molecule has 0 fully saturated rings. The Morgan fingerprint density at radius 1 is 1.11 bits per heavy atom. The van der Waals surface area contributed by atoms with Crippen molar-refractivity contribution in [1.29, 1.82) is 5.26 Å². The molecule has 0 saturated heterocycles. The first-order chi connectivity index (χ1) is 17.3. The molecule has 0 atom stereocenters. The van der Waals surface area contributed by atoms with Gasteiger partial charge in [0, 0.05) is 17.1 Å². The number of ether oxygens (including phenoxy) is 2. The predicted octanol–water partition coefficient (Wildman–Crippen LogP) is 4.18. The molecule has 0 aliphatic rings. The summed E-state index contributed by atoms with van der Waals surface area (Å²) in [5.74, 6) is 1.01. The number of halogens is 2. The minimum atomic E-state index is -3.49. The molecular weight excluding hydrogens is 527 g/mol. The van der Waals surface area contributed by atoms with Crippen molar-refractivity contribution in [1.82, 2.24) is 19.9 Å². The van der Waals surface area contributed by atoms with Gasteiger partial charge in [0.25, 0.3) is 0 Å². The Morgan fingerprint density at radius 3 is 2.58 bits per heavy atom. The molecule has 0 amide bonds. The molecule has 2 heterocycles. The molecule has 10 nitrogen and oxygen atoms in total. The van der Waals surface area contributed by atoms with Gasteiger partial charge in [-0.1, -0.05) is 11.6 Å². The molecular formula is C23H18Cl2N6O4S. The molecule has 0 saturated carbocycles. The van der Waals surface area contributed by atoms with Crippen molar-refractivity contribution in [2.45, 2.75) is 6.61 Å². The standard InChI is InChI=1S/C23H18Cl2N6O4S/c1-36(32,33)31-23-27-8-6-15(30-23)12-35-16-4-2-14(3-5-16)20-17-10-19(25)22(34-9-7-24)18(11-26)21(17)29-13-28-20/h2-6,8,10,13H,7,9,12H2,1H3,(H,27,30,31). The van der Waals surface area contributed by atoms with Crippen molar-refractivity contribution in [3.05, 3.63) is 65.2 Å². The lowest BCUT2D eigenvalue weighted by molar-refractivity contribution is 0.301. The highest BCUT2D eigenvalue weighted by atomic mass is 35.5. The van der Waals surface area contributed by atoms with Gasteiger partial charge in [0.15, 0.2) is 5.75 Å². The molecule has 1 N–H and O–H groups in total. The third-order valence-corrected chi connectivity index (χ3v) is 5.76. The van der Waals surface area contributed by atoms with Gasteiger partial charge >= 0.3 is 0 Å². The van der Waals surface area contributed by atoms with Gasteiger partial charge in [-0.2, -0.15) is 5.26 Å². The van der Waals surface area contributed by atoms with Crippen LogP contribution in [0, 0.1) is 11.3 Å². The van der Waals surface area contributed by atoms with Gasteiger partial charge in [-0.3, -0.25) is 4.72 Å². The van der Waals surface area contributed by atoms with Crippen LogP contribution in [0.2, 0.25) is 5.02 Å². The number of nitriles is 1. The van der Waals surface area contributed by atoms with Crippen LogP contribution in [0.3, 0.4) is 0 Å². The number of hydrogen-bond donors (Lipinski definition) is 1. The summed E-state index contributed by atoms with van der Waals surface area (Å²) in [4.78, 5) is 16.7. The van der Waals surface area contributed by atoms with Crippen LogP contribution in [0.1, 0.15) is 11.3 Å². The summed E-state index contributed by atoms with van der Waals surface area (Å²) in [7, 11) is -3.49. The number of nitrogens with zero attached hydrogens (tertiary/aromatic N) is 5. The molecule has 2 aromatic heterocycles. The summed E-state index contributed by atoms with van der Waals surface area (Å²) in [6.07, 6.45) is 3.83. The predicted molar refractivity (Wildman–Crippen MR) is 136 cm³/mol. The van der Waals surface area contributed by atoms with Gasteiger partial charge in [-0.05, 0) is 36.4 Å². The molecule has 0 spiro atoms. The SMILES string of the molecule is CS(=O)(=O)Nc1nccc(COc2ccc(-c3ncnc4c(C#N)c(OCCCl)c(Cl)cc34)cc2)n1. The molecule has 2 aromatic carbocycles. The number of fused-ring (bicyclic) bond motifs is 1. The van der Waals surface area contributed by atoms with Crippen molar-refractivity contribution in [2.75, 3.05) is 23.5 Å². The van der Waals surface area contributed by atoms with Crippen molar-refractivity contribution in [3.8, 4) is 28.8 Å². The maximum Gasteiger partial charge on any atom is 0.236 e. The Hall–Kier alpha value is -3.72. The number of anilines is 1.